The van der Waals surface area contributed by atoms with Crippen LogP contribution in [-0.2, 0) is 18.5 Å². The molecule has 0 saturated heterocycles. The van der Waals surface area contributed by atoms with Crippen LogP contribution < -0.4 is 16.3 Å². The Balaban J connectivity index is 1.59. The molecule has 214 valence electrons. The van der Waals surface area contributed by atoms with Crippen LogP contribution in [-0.4, -0.2) is 31.1 Å². The fourth-order valence-corrected chi connectivity index (χ4v) is 6.82. The molecule has 0 saturated carbocycles. The van der Waals surface area contributed by atoms with E-state index in [-0.39, 0.29) is 28.0 Å². The Hall–Kier alpha value is -3.64. The molecule has 12 heteroatoms. The molecule has 2 aliphatic heterocycles. The van der Waals surface area contributed by atoms with Gasteiger partial charge in [0.15, 0.2) is 5.78 Å². The van der Waals surface area contributed by atoms with Gasteiger partial charge in [-0.05, 0) is 51.2 Å². The zero-order valence-corrected chi connectivity index (χ0v) is 24.3. The van der Waals surface area contributed by atoms with Crippen LogP contribution in [0.3, 0.4) is 0 Å². The van der Waals surface area contributed by atoms with Crippen molar-refractivity contribution >= 4 is 37.3 Å². The summed E-state index contributed by atoms with van der Waals surface area (Å²) in [5.74, 6) is -2.40. The number of carbonyl (C=O) groups is 3. The standard InChI is InChI=1S/C28H32N2O8S2/c1-5-6-9-16(2)12-13-18(4)25(33)23-20(31)14-21(38-28(23)35)17(3)10-7-8-11-22(32)30-24-26-19(29-27(24)34)15-40(36,37)39-26/h8,11-15,17,31H,5-7,9-10H2,1-4H3,(H,29,34)(H,30,32)/b11-8+,16-12+,18-13+. The molecule has 10 nitrogen and oxygen atoms in total. The molecule has 2 amide bonds. The van der Waals surface area contributed by atoms with Crippen LogP contribution in [0.5, 0.6) is 5.75 Å². The summed E-state index contributed by atoms with van der Waals surface area (Å²) in [6.07, 6.45) is 10.1. The van der Waals surface area contributed by atoms with E-state index < -0.39 is 43.4 Å². The molecule has 1 atom stereocenters. The Morgan fingerprint density at radius 3 is 2.62 bits per heavy atom. The van der Waals surface area contributed by atoms with Crippen LogP contribution in [0.2, 0.25) is 0 Å². The van der Waals surface area contributed by atoms with Gasteiger partial charge in [0, 0.05) is 22.8 Å². The van der Waals surface area contributed by atoms with Crippen molar-refractivity contribution in [1.29, 1.82) is 0 Å². The van der Waals surface area contributed by atoms with Crippen LogP contribution in [0.15, 0.2) is 72.4 Å². The monoisotopic (exact) mass is 588 g/mol. The molecule has 0 radical (unpaired) electrons. The number of rotatable bonds is 12. The quantitative estimate of drug-likeness (QED) is 0.139. The van der Waals surface area contributed by atoms with Crippen molar-refractivity contribution in [1.82, 2.24) is 10.6 Å². The third-order valence-electron chi connectivity index (χ3n) is 6.26. The van der Waals surface area contributed by atoms with Crippen molar-refractivity contribution in [3.63, 3.8) is 0 Å². The van der Waals surface area contributed by atoms with Crippen LogP contribution in [0.25, 0.3) is 0 Å². The number of hydrogen-bond donors (Lipinski definition) is 3. The molecule has 0 fully saturated rings. The molecule has 3 heterocycles. The second kappa shape index (κ2) is 13.1. The summed E-state index contributed by atoms with van der Waals surface area (Å²) in [5, 5.41) is 16.2. The second-order valence-electron chi connectivity index (χ2n) is 9.63. The average Bonchev–Trinajstić information content (AvgIpc) is 3.33. The highest BCUT2D eigenvalue weighted by atomic mass is 33.1. The van der Waals surface area contributed by atoms with Crippen molar-refractivity contribution in [3.05, 3.63) is 85.0 Å². The van der Waals surface area contributed by atoms with E-state index in [2.05, 4.69) is 17.6 Å². The van der Waals surface area contributed by atoms with E-state index in [1.165, 1.54) is 12.1 Å². The van der Waals surface area contributed by atoms with Crippen molar-refractivity contribution < 1.29 is 32.3 Å². The normalized spacial score (nSPS) is 17.6. The maximum Gasteiger partial charge on any atom is 0.351 e. The third kappa shape index (κ3) is 7.72. The molecule has 1 aromatic heterocycles. The number of nitrogens with one attached hydrogen (secondary N) is 2. The second-order valence-corrected chi connectivity index (χ2v) is 13.3. The zero-order chi connectivity index (χ0) is 29.6. The maximum absolute atomic E-state index is 12.8. The minimum absolute atomic E-state index is 0.125. The Morgan fingerprint density at radius 1 is 1.23 bits per heavy atom. The largest absolute Gasteiger partial charge is 0.507 e. The first-order valence-electron chi connectivity index (χ1n) is 12.8. The molecule has 0 spiro atoms. The van der Waals surface area contributed by atoms with Gasteiger partial charge >= 0.3 is 5.63 Å². The fourth-order valence-electron chi connectivity index (χ4n) is 3.92. The van der Waals surface area contributed by atoms with Crippen LogP contribution in [0, 0.1) is 0 Å². The average molecular weight is 589 g/mol. The van der Waals surface area contributed by atoms with E-state index in [0.29, 0.717) is 29.2 Å². The summed E-state index contributed by atoms with van der Waals surface area (Å²) < 4.78 is 28.7. The van der Waals surface area contributed by atoms with E-state index in [1.54, 1.807) is 26.0 Å². The highest BCUT2D eigenvalue weighted by molar-refractivity contribution is 8.75. The number of Topliss-reactive ketones (excluding diaryl/α,β-unsaturated/α-hetero) is 1. The van der Waals surface area contributed by atoms with Gasteiger partial charge in [-0.2, -0.15) is 0 Å². The molecule has 1 aromatic rings. The number of fused-ring (bicyclic) bond motifs is 1. The SMILES string of the molecule is CCCC/C(C)=C/C=C(\C)C(=O)c1c(O)cc(C(C)CC/C=C/C(=O)NC2=C3SS(=O)(=O)C=C3NC2=O)oc1=O. The third-order valence-corrected chi connectivity index (χ3v) is 9.09. The minimum Gasteiger partial charge on any atom is -0.507 e. The summed E-state index contributed by atoms with van der Waals surface area (Å²) >= 11 is 0. The lowest BCUT2D eigenvalue weighted by Crippen LogP contribution is -2.28. The molecule has 0 aliphatic carbocycles. The predicted molar refractivity (Wildman–Crippen MR) is 153 cm³/mol. The summed E-state index contributed by atoms with van der Waals surface area (Å²) in [5.41, 5.74) is 0.0807. The Kier molecular flexibility index (Phi) is 10.2. The molecular formula is C28H32N2O8S2. The zero-order valence-electron chi connectivity index (χ0n) is 22.7. The number of aromatic hydroxyl groups is 1. The maximum atomic E-state index is 12.8. The molecule has 3 rings (SSSR count). The lowest BCUT2D eigenvalue weighted by Gasteiger charge is -2.11. The lowest BCUT2D eigenvalue weighted by atomic mass is 9.99. The minimum atomic E-state index is -3.54. The molecule has 0 bridgehead atoms. The van der Waals surface area contributed by atoms with Gasteiger partial charge in [0.05, 0.1) is 16.0 Å². The summed E-state index contributed by atoms with van der Waals surface area (Å²) in [6, 6.07) is 1.26. The summed E-state index contributed by atoms with van der Waals surface area (Å²) in [7, 11) is -3.05. The van der Waals surface area contributed by atoms with Crippen molar-refractivity contribution in [2.45, 2.75) is 65.7 Å². The van der Waals surface area contributed by atoms with Gasteiger partial charge in [0.25, 0.3) is 5.91 Å². The van der Waals surface area contributed by atoms with E-state index in [1.807, 2.05) is 13.0 Å². The number of carbonyl (C=O) groups excluding carboxylic acids is 3. The highest BCUT2D eigenvalue weighted by Gasteiger charge is 2.37. The first-order valence-corrected chi connectivity index (χ1v) is 15.7. The number of amides is 2. The number of allylic oxidation sites excluding steroid dienone is 5. The van der Waals surface area contributed by atoms with E-state index >= 15 is 0 Å². The molecule has 40 heavy (non-hydrogen) atoms. The Morgan fingerprint density at radius 2 is 1.95 bits per heavy atom. The highest BCUT2D eigenvalue weighted by Crippen LogP contribution is 2.41. The van der Waals surface area contributed by atoms with E-state index in [9.17, 15) is 32.7 Å². The van der Waals surface area contributed by atoms with Crippen LogP contribution in [0.1, 0.15) is 81.8 Å². The van der Waals surface area contributed by atoms with Gasteiger partial charge < -0.3 is 20.2 Å². The predicted octanol–water partition coefficient (Wildman–Crippen LogP) is 4.43. The Bertz CT molecular complexity index is 1540. The molecular weight excluding hydrogens is 556 g/mol. The summed E-state index contributed by atoms with van der Waals surface area (Å²) in [6.45, 7) is 7.40. The first kappa shape index (κ1) is 30.9. The van der Waals surface area contributed by atoms with Crippen LogP contribution >= 0.6 is 10.8 Å². The summed E-state index contributed by atoms with van der Waals surface area (Å²) in [4.78, 5) is 49.8. The van der Waals surface area contributed by atoms with Crippen molar-refractivity contribution in [2.75, 3.05) is 0 Å². The van der Waals surface area contributed by atoms with Gasteiger partial charge in [-0.15, -0.1) is 0 Å². The topological polar surface area (TPSA) is 160 Å². The van der Waals surface area contributed by atoms with Crippen molar-refractivity contribution in [3.8, 4) is 5.75 Å². The molecule has 1 unspecified atom stereocenters. The first-order chi connectivity index (χ1) is 18.8. The van der Waals surface area contributed by atoms with Gasteiger partial charge in [0.1, 0.15) is 22.8 Å². The van der Waals surface area contributed by atoms with Crippen molar-refractivity contribution in [2.24, 2.45) is 0 Å². The van der Waals surface area contributed by atoms with Gasteiger partial charge in [-0.3, -0.25) is 14.4 Å². The molecule has 0 aromatic carbocycles. The lowest BCUT2D eigenvalue weighted by molar-refractivity contribution is -0.120. The smallest absolute Gasteiger partial charge is 0.351 e. The number of unbranched alkanes of at least 4 members (excludes halogenated alkanes) is 1. The number of ketones is 1. The van der Waals surface area contributed by atoms with E-state index in [4.69, 9.17) is 4.42 Å². The fraction of sp³-hybridized carbons (Fsp3) is 0.357. The van der Waals surface area contributed by atoms with Gasteiger partial charge in [-0.1, -0.05) is 44.1 Å². The molecule has 2 aliphatic rings. The molecule has 3 N–H and O–H groups in total. The Labute approximate surface area is 236 Å². The van der Waals surface area contributed by atoms with Crippen LogP contribution in [0.4, 0.5) is 0 Å². The van der Waals surface area contributed by atoms with E-state index in [0.717, 1.165) is 30.2 Å². The number of hydrogen-bond acceptors (Lipinski definition) is 9. The van der Waals surface area contributed by atoms with Gasteiger partial charge in [-0.25, -0.2) is 13.2 Å². The van der Waals surface area contributed by atoms with Gasteiger partial charge in [0.2, 0.25) is 14.8 Å².